The molecule has 8 heteroatoms. The van der Waals surface area contributed by atoms with Crippen molar-refractivity contribution >= 4 is 23.2 Å². The number of nitrogens with one attached hydrogen (secondary N) is 2. The topological polar surface area (TPSA) is 108 Å². The van der Waals surface area contributed by atoms with Crippen LogP contribution in [0.5, 0.6) is 0 Å². The molecule has 0 spiro atoms. The van der Waals surface area contributed by atoms with Gasteiger partial charge >= 0.3 is 11.8 Å². The van der Waals surface area contributed by atoms with Gasteiger partial charge in [-0.05, 0) is 24.3 Å². The molecular weight excluding hydrogens is 284 g/mol. The molecule has 2 rings (SSSR count). The van der Waals surface area contributed by atoms with E-state index in [2.05, 4.69) is 20.7 Å². The number of hydrogen-bond acceptors (Lipinski definition) is 6. The van der Waals surface area contributed by atoms with E-state index in [9.17, 15) is 9.59 Å². The maximum atomic E-state index is 11.4. The van der Waals surface area contributed by atoms with Crippen LogP contribution < -0.4 is 10.9 Å². The summed E-state index contributed by atoms with van der Waals surface area (Å²) < 4.78 is 0. The number of carbonyl (C=O) groups excluding carboxylic acids is 2. The maximum absolute atomic E-state index is 11.4. The first-order valence-corrected chi connectivity index (χ1v) is 6.27. The smallest absolute Gasteiger partial charge is 0.262 e. The molecule has 2 aromatic rings. The SMILES string of the molecule is O=C(NN=Nc1ccccc1)C(=O)NN=Nc1ccccc1. The zero-order valence-corrected chi connectivity index (χ0v) is 11.4. The Balaban J connectivity index is 1.79. The molecule has 0 bridgehead atoms. The Morgan fingerprint density at radius 2 is 1.00 bits per heavy atom. The second kappa shape index (κ2) is 8.00. The zero-order valence-electron chi connectivity index (χ0n) is 11.4. The summed E-state index contributed by atoms with van der Waals surface area (Å²) in [7, 11) is 0. The van der Waals surface area contributed by atoms with E-state index in [-0.39, 0.29) is 0 Å². The predicted octanol–water partition coefficient (Wildman–Crippen LogP) is 2.62. The van der Waals surface area contributed by atoms with E-state index in [0.717, 1.165) is 0 Å². The molecule has 0 aliphatic rings. The lowest BCUT2D eigenvalue weighted by Gasteiger charge is -1.96. The van der Waals surface area contributed by atoms with Crippen molar-refractivity contribution in [3.63, 3.8) is 0 Å². The lowest BCUT2D eigenvalue weighted by molar-refractivity contribution is -0.139. The summed E-state index contributed by atoms with van der Waals surface area (Å²) in [6, 6.07) is 17.5. The normalized spacial score (nSPS) is 10.7. The van der Waals surface area contributed by atoms with E-state index in [0.29, 0.717) is 11.4 Å². The fourth-order valence-corrected chi connectivity index (χ4v) is 1.35. The first-order valence-electron chi connectivity index (χ1n) is 6.27. The van der Waals surface area contributed by atoms with Crippen LogP contribution in [0.1, 0.15) is 0 Å². The molecule has 0 atom stereocenters. The molecule has 0 aromatic heterocycles. The molecule has 0 saturated carbocycles. The molecule has 0 aliphatic carbocycles. The van der Waals surface area contributed by atoms with Gasteiger partial charge in [-0.2, -0.15) is 0 Å². The summed E-state index contributed by atoms with van der Waals surface area (Å²) in [5, 5.41) is 14.3. The molecule has 2 N–H and O–H groups in total. The standard InChI is InChI=1S/C14H12N6O2/c21-13(17-19-15-11-7-3-1-4-8-11)14(22)18-20-16-12-9-5-2-6-10-12/h1-10H,(H,15,17,21)(H,16,18,22). The van der Waals surface area contributed by atoms with Crippen molar-refractivity contribution < 1.29 is 9.59 Å². The Kier molecular flexibility index (Phi) is 5.45. The third kappa shape index (κ3) is 4.93. The molecule has 8 nitrogen and oxygen atoms in total. The molecule has 0 aliphatic heterocycles. The first kappa shape index (κ1) is 15.0. The highest BCUT2D eigenvalue weighted by Crippen LogP contribution is 2.09. The van der Waals surface area contributed by atoms with E-state index in [1.165, 1.54) is 0 Å². The largest absolute Gasteiger partial charge is 0.332 e. The maximum Gasteiger partial charge on any atom is 0.332 e. The fraction of sp³-hybridized carbons (Fsp3) is 0. The zero-order chi connectivity index (χ0) is 15.6. The van der Waals surface area contributed by atoms with Gasteiger partial charge in [-0.15, -0.1) is 10.2 Å². The highest BCUT2D eigenvalue weighted by molar-refractivity contribution is 6.34. The molecule has 0 unspecified atom stereocenters. The van der Waals surface area contributed by atoms with Crippen LogP contribution in [0.2, 0.25) is 0 Å². The summed E-state index contributed by atoms with van der Waals surface area (Å²) in [5.74, 6) is -1.99. The Labute approximate surface area is 125 Å². The quantitative estimate of drug-likeness (QED) is 0.514. The second-order valence-electron chi connectivity index (χ2n) is 3.95. The molecule has 2 aromatic carbocycles. The van der Waals surface area contributed by atoms with E-state index < -0.39 is 11.8 Å². The number of benzene rings is 2. The number of hydrogen-bond donors (Lipinski definition) is 2. The summed E-state index contributed by atoms with van der Waals surface area (Å²) in [5.41, 5.74) is 5.07. The van der Waals surface area contributed by atoms with Crippen LogP contribution in [-0.2, 0) is 9.59 Å². The van der Waals surface area contributed by atoms with E-state index >= 15 is 0 Å². The number of carbonyl (C=O) groups is 2. The highest BCUT2D eigenvalue weighted by atomic mass is 16.2. The van der Waals surface area contributed by atoms with Crippen LogP contribution in [0.4, 0.5) is 11.4 Å². The van der Waals surface area contributed by atoms with Crippen LogP contribution in [0.3, 0.4) is 0 Å². The van der Waals surface area contributed by atoms with Gasteiger partial charge in [0.05, 0.1) is 11.4 Å². The van der Waals surface area contributed by atoms with Gasteiger partial charge in [0.15, 0.2) is 0 Å². The minimum Gasteiger partial charge on any atom is -0.262 e. The Hall–Kier alpha value is -3.42. The molecule has 0 saturated heterocycles. The fourth-order valence-electron chi connectivity index (χ4n) is 1.35. The number of nitrogens with zero attached hydrogens (tertiary/aromatic N) is 4. The van der Waals surface area contributed by atoms with Crippen molar-refractivity contribution in [2.45, 2.75) is 0 Å². The average Bonchev–Trinajstić information content (AvgIpc) is 2.56. The minimum absolute atomic E-state index is 0.548. The van der Waals surface area contributed by atoms with Gasteiger partial charge in [-0.3, -0.25) is 9.59 Å². The monoisotopic (exact) mass is 296 g/mol. The molecule has 0 heterocycles. The first-order chi connectivity index (χ1) is 10.8. The molecule has 2 amide bonds. The number of rotatable bonds is 4. The van der Waals surface area contributed by atoms with Crippen LogP contribution >= 0.6 is 0 Å². The summed E-state index contributed by atoms with van der Waals surface area (Å²) in [6.07, 6.45) is 0. The molecule has 0 radical (unpaired) electrons. The summed E-state index contributed by atoms with van der Waals surface area (Å²) in [6.45, 7) is 0. The van der Waals surface area contributed by atoms with Crippen LogP contribution in [0.25, 0.3) is 0 Å². The Morgan fingerprint density at radius 1 is 0.636 bits per heavy atom. The van der Waals surface area contributed by atoms with Crippen LogP contribution in [-0.4, -0.2) is 11.8 Å². The van der Waals surface area contributed by atoms with Gasteiger partial charge in [-0.1, -0.05) is 46.8 Å². The van der Waals surface area contributed by atoms with E-state index in [1.807, 2.05) is 23.0 Å². The highest BCUT2D eigenvalue weighted by Gasteiger charge is 2.11. The molecular formula is C14H12N6O2. The average molecular weight is 296 g/mol. The van der Waals surface area contributed by atoms with E-state index in [1.54, 1.807) is 48.5 Å². The molecule has 110 valence electrons. The van der Waals surface area contributed by atoms with Crippen LogP contribution in [0, 0.1) is 0 Å². The minimum atomic E-state index is -0.994. The lowest BCUT2D eigenvalue weighted by Crippen LogP contribution is -2.34. The Morgan fingerprint density at radius 3 is 1.36 bits per heavy atom. The third-order valence-electron chi connectivity index (χ3n) is 2.35. The Bertz CT molecular complexity index is 623. The number of amides is 2. The van der Waals surface area contributed by atoms with Gasteiger partial charge in [0.1, 0.15) is 0 Å². The predicted molar refractivity (Wildman–Crippen MR) is 78.2 cm³/mol. The van der Waals surface area contributed by atoms with Crippen molar-refractivity contribution in [1.82, 2.24) is 10.9 Å². The summed E-state index contributed by atoms with van der Waals surface area (Å²) >= 11 is 0. The van der Waals surface area contributed by atoms with E-state index in [4.69, 9.17) is 0 Å². The van der Waals surface area contributed by atoms with Gasteiger partial charge in [0.25, 0.3) is 0 Å². The molecule has 0 fully saturated rings. The summed E-state index contributed by atoms with van der Waals surface area (Å²) in [4.78, 5) is 22.8. The van der Waals surface area contributed by atoms with Gasteiger partial charge in [-0.25, -0.2) is 10.9 Å². The van der Waals surface area contributed by atoms with Gasteiger partial charge < -0.3 is 0 Å². The van der Waals surface area contributed by atoms with Crippen molar-refractivity contribution in [2.24, 2.45) is 20.7 Å². The van der Waals surface area contributed by atoms with Crippen molar-refractivity contribution in [3.8, 4) is 0 Å². The van der Waals surface area contributed by atoms with Gasteiger partial charge in [0.2, 0.25) is 0 Å². The van der Waals surface area contributed by atoms with Crippen molar-refractivity contribution in [2.75, 3.05) is 0 Å². The van der Waals surface area contributed by atoms with Crippen LogP contribution in [0.15, 0.2) is 81.3 Å². The van der Waals surface area contributed by atoms with Crippen molar-refractivity contribution in [3.05, 3.63) is 60.7 Å². The third-order valence-corrected chi connectivity index (χ3v) is 2.35. The lowest BCUT2D eigenvalue weighted by atomic mass is 10.3. The second-order valence-corrected chi connectivity index (χ2v) is 3.95. The van der Waals surface area contributed by atoms with Crippen molar-refractivity contribution in [1.29, 1.82) is 0 Å². The molecule has 22 heavy (non-hydrogen) atoms. The van der Waals surface area contributed by atoms with Gasteiger partial charge in [0, 0.05) is 0 Å².